The Hall–Kier alpha value is -3.43. The van der Waals surface area contributed by atoms with Gasteiger partial charge in [0.1, 0.15) is 43.2 Å². The molecule has 13 nitrogen and oxygen atoms in total. The van der Waals surface area contributed by atoms with Gasteiger partial charge in [-0.25, -0.2) is 0 Å². The highest BCUT2D eigenvalue weighted by atomic mass is 16.8. The lowest BCUT2D eigenvalue weighted by Crippen LogP contribution is -2.65. The zero-order chi connectivity index (χ0) is 32.6. The van der Waals surface area contributed by atoms with Crippen LogP contribution in [0, 0.1) is 0 Å². The number of esters is 3. The monoisotopic (exact) mass is 644 g/mol. The van der Waals surface area contributed by atoms with Gasteiger partial charge in [0.05, 0.1) is 13.2 Å². The Bertz CT molecular complexity index is 1290. The van der Waals surface area contributed by atoms with Gasteiger partial charge in [-0.05, 0) is 5.56 Å². The highest BCUT2D eigenvalue weighted by Crippen LogP contribution is 2.38. The summed E-state index contributed by atoms with van der Waals surface area (Å²) < 4.78 is 60.0. The van der Waals surface area contributed by atoms with Crippen LogP contribution in [0.25, 0.3) is 0 Å². The van der Waals surface area contributed by atoms with Crippen LogP contribution in [0.3, 0.4) is 0 Å². The molecule has 2 aromatic carbocycles. The van der Waals surface area contributed by atoms with Gasteiger partial charge in [-0.15, -0.1) is 0 Å². The van der Waals surface area contributed by atoms with E-state index in [1.807, 2.05) is 60.7 Å². The first-order valence-corrected chi connectivity index (χ1v) is 15.2. The Morgan fingerprint density at radius 3 is 2.15 bits per heavy atom. The minimum atomic E-state index is -1.05. The number of carbonyl (C=O) groups is 3. The lowest BCUT2D eigenvalue weighted by Gasteiger charge is -2.50. The van der Waals surface area contributed by atoms with Gasteiger partial charge in [0.2, 0.25) is 0 Å². The molecule has 13 heteroatoms. The van der Waals surface area contributed by atoms with Gasteiger partial charge in [-0.2, -0.15) is 0 Å². The quantitative estimate of drug-likeness (QED) is 0.261. The van der Waals surface area contributed by atoms with Crippen molar-refractivity contribution in [2.45, 2.75) is 95.4 Å². The molecule has 3 aliphatic rings. The summed E-state index contributed by atoms with van der Waals surface area (Å²) in [5, 5.41) is 0. The molecule has 3 aliphatic heterocycles. The van der Waals surface area contributed by atoms with Gasteiger partial charge in [-0.1, -0.05) is 60.7 Å². The van der Waals surface area contributed by atoms with E-state index in [4.69, 9.17) is 47.4 Å². The van der Waals surface area contributed by atoms with Crippen LogP contribution in [-0.2, 0) is 68.4 Å². The SMILES string of the molecule is CO[C@@H]1OC2COC(c3ccccc3)O[C@H]2C(OCc2ccccc2)C1O[C@@H]1C[C@@H](OC(C)=O)[C@@H](OC(C)=O)C(COC(C)=O)O1. The molecule has 5 rings (SSSR count). The topological polar surface area (TPSA) is 144 Å². The van der Waals surface area contributed by atoms with Crippen LogP contribution in [0.2, 0.25) is 0 Å². The first-order chi connectivity index (χ1) is 22.2. The van der Waals surface area contributed by atoms with Crippen molar-refractivity contribution in [3.05, 3.63) is 71.8 Å². The number of ether oxygens (including phenoxy) is 10. The zero-order valence-electron chi connectivity index (χ0n) is 26.2. The van der Waals surface area contributed by atoms with Crippen molar-refractivity contribution >= 4 is 17.9 Å². The van der Waals surface area contributed by atoms with Crippen LogP contribution in [0.1, 0.15) is 44.6 Å². The van der Waals surface area contributed by atoms with E-state index >= 15 is 0 Å². The van der Waals surface area contributed by atoms with Crippen molar-refractivity contribution < 1.29 is 61.8 Å². The average molecular weight is 645 g/mol. The molecule has 0 saturated carbocycles. The Balaban J connectivity index is 1.42. The molecular weight excluding hydrogens is 604 g/mol. The number of benzene rings is 2. The third-order valence-electron chi connectivity index (χ3n) is 7.74. The molecule has 0 amide bonds. The maximum atomic E-state index is 12.1. The predicted molar refractivity (Wildman–Crippen MR) is 157 cm³/mol. The van der Waals surface area contributed by atoms with E-state index in [0.717, 1.165) is 11.1 Å². The summed E-state index contributed by atoms with van der Waals surface area (Å²) in [5.74, 6) is -1.79. The van der Waals surface area contributed by atoms with E-state index in [2.05, 4.69) is 0 Å². The summed E-state index contributed by atoms with van der Waals surface area (Å²) in [7, 11) is 1.48. The van der Waals surface area contributed by atoms with E-state index in [-0.39, 0.29) is 26.2 Å². The van der Waals surface area contributed by atoms with Gasteiger partial charge < -0.3 is 47.4 Å². The van der Waals surface area contributed by atoms with Gasteiger partial charge in [0.15, 0.2) is 25.0 Å². The van der Waals surface area contributed by atoms with Crippen LogP contribution in [0.15, 0.2) is 60.7 Å². The Morgan fingerprint density at radius 1 is 0.804 bits per heavy atom. The van der Waals surface area contributed by atoms with Crippen LogP contribution in [0.5, 0.6) is 0 Å². The van der Waals surface area contributed by atoms with Crippen LogP contribution >= 0.6 is 0 Å². The Morgan fingerprint density at radius 2 is 1.50 bits per heavy atom. The number of hydrogen-bond donors (Lipinski definition) is 0. The minimum Gasteiger partial charge on any atom is -0.463 e. The summed E-state index contributed by atoms with van der Waals surface area (Å²) in [6.45, 7) is 3.87. The normalized spacial score (nSPS) is 32.5. The summed E-state index contributed by atoms with van der Waals surface area (Å²) >= 11 is 0. The molecular formula is C33H40O13. The van der Waals surface area contributed by atoms with Crippen LogP contribution < -0.4 is 0 Å². The van der Waals surface area contributed by atoms with Crippen molar-refractivity contribution in [3.63, 3.8) is 0 Å². The Kier molecular flexibility index (Phi) is 11.7. The average Bonchev–Trinajstić information content (AvgIpc) is 3.04. The van der Waals surface area contributed by atoms with E-state index in [9.17, 15) is 14.4 Å². The largest absolute Gasteiger partial charge is 0.463 e. The van der Waals surface area contributed by atoms with Crippen molar-refractivity contribution in [2.75, 3.05) is 20.3 Å². The van der Waals surface area contributed by atoms with Crippen molar-refractivity contribution in [1.29, 1.82) is 0 Å². The third-order valence-corrected chi connectivity index (χ3v) is 7.74. The number of methoxy groups -OCH3 is 1. The van der Waals surface area contributed by atoms with Crippen molar-refractivity contribution in [2.24, 2.45) is 0 Å². The molecule has 3 heterocycles. The number of rotatable bonds is 11. The highest BCUT2D eigenvalue weighted by molar-refractivity contribution is 5.67. The third kappa shape index (κ3) is 8.68. The molecule has 0 spiro atoms. The fourth-order valence-corrected chi connectivity index (χ4v) is 5.78. The molecule has 10 atom stereocenters. The number of carbonyl (C=O) groups excluding carboxylic acids is 3. The molecule has 3 saturated heterocycles. The van der Waals surface area contributed by atoms with Crippen LogP contribution in [-0.4, -0.2) is 93.5 Å². The number of fused-ring (bicyclic) bond motifs is 1. The Labute approximate surface area is 267 Å². The molecule has 3 fully saturated rings. The van der Waals surface area contributed by atoms with Gasteiger partial charge in [0, 0.05) is 39.9 Å². The molecule has 0 radical (unpaired) electrons. The fraction of sp³-hybridized carbons (Fsp3) is 0.545. The summed E-state index contributed by atoms with van der Waals surface area (Å²) in [6.07, 6.45) is -8.55. The second-order valence-electron chi connectivity index (χ2n) is 11.2. The van der Waals surface area contributed by atoms with Gasteiger partial charge in [-0.3, -0.25) is 14.4 Å². The molecule has 2 aromatic rings. The highest BCUT2D eigenvalue weighted by Gasteiger charge is 2.54. The van der Waals surface area contributed by atoms with E-state index in [1.54, 1.807) is 0 Å². The maximum absolute atomic E-state index is 12.1. The van der Waals surface area contributed by atoms with Crippen LogP contribution in [0.4, 0.5) is 0 Å². The smallest absolute Gasteiger partial charge is 0.303 e. The first-order valence-electron chi connectivity index (χ1n) is 15.2. The standard InChI is InChI=1S/C33H40O13/c1-19(34)38-17-25-28(42-21(3)36)24(41-20(2)35)15-27(43-25)45-31-30(39-16-22-11-7-5-8-12-22)29-26(44-33(31)37-4)18-40-32(46-29)23-13-9-6-10-14-23/h5-14,24-33H,15-18H2,1-4H3/t24-,25?,26?,27-,28-,29-,30?,31?,32?,33-/m1/s1. The summed E-state index contributed by atoms with van der Waals surface area (Å²) in [5.41, 5.74) is 1.76. The predicted octanol–water partition coefficient (Wildman–Crippen LogP) is 2.98. The van der Waals surface area contributed by atoms with Crippen molar-refractivity contribution in [1.82, 2.24) is 0 Å². The second kappa shape index (κ2) is 15.9. The lowest BCUT2D eigenvalue weighted by molar-refractivity contribution is -0.387. The molecule has 0 bridgehead atoms. The first kappa shape index (κ1) is 33.9. The molecule has 250 valence electrons. The second-order valence-corrected chi connectivity index (χ2v) is 11.2. The van der Waals surface area contributed by atoms with E-state index < -0.39 is 79.5 Å². The molecule has 0 N–H and O–H groups in total. The number of hydrogen-bond acceptors (Lipinski definition) is 13. The minimum absolute atomic E-state index is 0.0167. The lowest BCUT2D eigenvalue weighted by atomic mass is 9.96. The fourth-order valence-electron chi connectivity index (χ4n) is 5.78. The zero-order valence-corrected chi connectivity index (χ0v) is 26.2. The molecule has 5 unspecified atom stereocenters. The maximum Gasteiger partial charge on any atom is 0.303 e. The van der Waals surface area contributed by atoms with Crippen molar-refractivity contribution in [3.8, 4) is 0 Å². The molecule has 0 aliphatic carbocycles. The molecule has 46 heavy (non-hydrogen) atoms. The van der Waals surface area contributed by atoms with Gasteiger partial charge in [0.25, 0.3) is 0 Å². The van der Waals surface area contributed by atoms with E-state index in [1.165, 1.54) is 27.9 Å². The van der Waals surface area contributed by atoms with Gasteiger partial charge >= 0.3 is 17.9 Å². The summed E-state index contributed by atoms with van der Waals surface area (Å²) in [4.78, 5) is 35.7. The molecule has 0 aromatic heterocycles. The summed E-state index contributed by atoms with van der Waals surface area (Å²) in [6, 6.07) is 19.2. The van der Waals surface area contributed by atoms with E-state index in [0.29, 0.717) is 0 Å².